The normalized spacial score (nSPS) is 19.2. The van der Waals surface area contributed by atoms with Gasteiger partial charge in [-0.2, -0.15) is 0 Å². The maximum absolute atomic E-state index is 12.1. The second-order valence-corrected chi connectivity index (χ2v) is 6.12. The zero-order valence-corrected chi connectivity index (χ0v) is 12.9. The van der Waals surface area contributed by atoms with Crippen LogP contribution in [0.15, 0.2) is 0 Å². The fourth-order valence-corrected chi connectivity index (χ4v) is 2.17. The van der Waals surface area contributed by atoms with Crippen molar-refractivity contribution in [2.45, 2.75) is 26.3 Å². The van der Waals surface area contributed by atoms with Crippen molar-refractivity contribution in [1.29, 1.82) is 0 Å². The summed E-state index contributed by atoms with van der Waals surface area (Å²) in [5, 5.41) is 0. The van der Waals surface area contributed by atoms with Crippen LogP contribution in [-0.2, 0) is 4.79 Å². The topological polar surface area (TPSA) is 52.8 Å². The standard InChI is InChI=1S/C14H30N4O/c1-12(2)13(15)5-6-17(4)11-14(19)18-9-7-16(3)8-10-18/h12-13H,5-11,15H2,1-4H3. The summed E-state index contributed by atoms with van der Waals surface area (Å²) < 4.78 is 0. The molecule has 1 fully saturated rings. The summed E-state index contributed by atoms with van der Waals surface area (Å²) >= 11 is 0. The molecule has 5 nitrogen and oxygen atoms in total. The summed E-state index contributed by atoms with van der Waals surface area (Å²) in [6.45, 7) is 9.35. The molecule has 0 saturated carbocycles. The molecule has 1 heterocycles. The number of hydrogen-bond acceptors (Lipinski definition) is 4. The molecule has 112 valence electrons. The largest absolute Gasteiger partial charge is 0.339 e. The first-order chi connectivity index (χ1) is 8.90. The van der Waals surface area contributed by atoms with Gasteiger partial charge in [0.15, 0.2) is 0 Å². The lowest BCUT2D eigenvalue weighted by molar-refractivity contribution is -0.133. The van der Waals surface area contributed by atoms with Crippen LogP contribution >= 0.6 is 0 Å². The van der Waals surface area contributed by atoms with Crippen LogP contribution < -0.4 is 5.73 Å². The molecule has 1 aliphatic heterocycles. The highest BCUT2D eigenvalue weighted by Crippen LogP contribution is 2.05. The monoisotopic (exact) mass is 270 g/mol. The number of nitrogens with zero attached hydrogens (tertiary/aromatic N) is 3. The molecule has 1 saturated heterocycles. The highest BCUT2D eigenvalue weighted by Gasteiger charge is 2.20. The van der Waals surface area contributed by atoms with Crippen LogP contribution in [0.5, 0.6) is 0 Å². The number of hydrogen-bond donors (Lipinski definition) is 1. The van der Waals surface area contributed by atoms with E-state index < -0.39 is 0 Å². The van der Waals surface area contributed by atoms with E-state index in [1.807, 2.05) is 11.9 Å². The van der Waals surface area contributed by atoms with Crippen LogP contribution in [0.1, 0.15) is 20.3 Å². The molecule has 1 aliphatic rings. The molecule has 0 aromatic heterocycles. The molecule has 19 heavy (non-hydrogen) atoms. The van der Waals surface area contributed by atoms with E-state index in [4.69, 9.17) is 5.73 Å². The van der Waals surface area contributed by atoms with Crippen molar-refractivity contribution in [2.24, 2.45) is 11.7 Å². The highest BCUT2D eigenvalue weighted by molar-refractivity contribution is 5.78. The van der Waals surface area contributed by atoms with Crippen LogP contribution in [0.4, 0.5) is 0 Å². The molecular formula is C14H30N4O. The van der Waals surface area contributed by atoms with Gasteiger partial charge < -0.3 is 15.5 Å². The molecule has 0 aromatic rings. The number of nitrogens with two attached hydrogens (primary N) is 1. The van der Waals surface area contributed by atoms with E-state index in [-0.39, 0.29) is 11.9 Å². The molecule has 2 N–H and O–H groups in total. The molecule has 1 unspecified atom stereocenters. The van der Waals surface area contributed by atoms with Crippen LogP contribution in [0.25, 0.3) is 0 Å². The van der Waals surface area contributed by atoms with Crippen molar-refractivity contribution >= 4 is 5.91 Å². The number of amides is 1. The van der Waals surface area contributed by atoms with Gasteiger partial charge in [-0.15, -0.1) is 0 Å². The fraction of sp³-hybridized carbons (Fsp3) is 0.929. The van der Waals surface area contributed by atoms with Crippen molar-refractivity contribution in [3.63, 3.8) is 0 Å². The molecule has 0 aromatic carbocycles. The summed E-state index contributed by atoms with van der Waals surface area (Å²) in [6, 6.07) is 0.223. The van der Waals surface area contributed by atoms with Gasteiger partial charge in [-0.05, 0) is 33.0 Å². The maximum atomic E-state index is 12.1. The van der Waals surface area contributed by atoms with Crippen molar-refractivity contribution in [3.05, 3.63) is 0 Å². The predicted octanol–water partition coefficient (Wildman–Crippen LogP) is 0.0656. The molecule has 1 rings (SSSR count). The van der Waals surface area contributed by atoms with Crippen LogP contribution in [0, 0.1) is 5.92 Å². The zero-order chi connectivity index (χ0) is 14.4. The first-order valence-corrected chi connectivity index (χ1v) is 7.30. The Kier molecular flexibility index (Phi) is 6.75. The van der Waals surface area contributed by atoms with Gasteiger partial charge in [0, 0.05) is 32.2 Å². The number of carbonyl (C=O) groups is 1. The summed E-state index contributed by atoms with van der Waals surface area (Å²) in [5.41, 5.74) is 6.03. The lowest BCUT2D eigenvalue weighted by atomic mass is 10.0. The Hall–Kier alpha value is -0.650. The third-order valence-corrected chi connectivity index (χ3v) is 3.96. The van der Waals surface area contributed by atoms with Gasteiger partial charge in [0.1, 0.15) is 0 Å². The first-order valence-electron chi connectivity index (χ1n) is 7.30. The Labute approximate surface area is 117 Å². The van der Waals surface area contributed by atoms with E-state index in [1.54, 1.807) is 0 Å². The average Bonchev–Trinajstić information content (AvgIpc) is 2.36. The summed E-state index contributed by atoms with van der Waals surface area (Å²) in [6.07, 6.45) is 0.949. The van der Waals surface area contributed by atoms with Gasteiger partial charge in [-0.1, -0.05) is 13.8 Å². The maximum Gasteiger partial charge on any atom is 0.236 e. The second kappa shape index (κ2) is 7.82. The Morgan fingerprint density at radius 3 is 2.37 bits per heavy atom. The van der Waals surface area contributed by atoms with Crippen LogP contribution in [0.2, 0.25) is 0 Å². The molecule has 1 amide bonds. The number of likely N-dealkylation sites (N-methyl/N-ethyl adjacent to an activating group) is 2. The summed E-state index contributed by atoms with van der Waals surface area (Å²) in [7, 11) is 4.10. The molecule has 0 aliphatic carbocycles. The van der Waals surface area contributed by atoms with Crippen molar-refractivity contribution < 1.29 is 4.79 Å². The molecule has 0 bridgehead atoms. The van der Waals surface area contributed by atoms with Crippen molar-refractivity contribution in [1.82, 2.24) is 14.7 Å². The SMILES string of the molecule is CC(C)C(N)CCN(C)CC(=O)N1CCN(C)CC1. The minimum Gasteiger partial charge on any atom is -0.339 e. The Morgan fingerprint density at radius 1 is 1.26 bits per heavy atom. The minimum absolute atomic E-state index is 0.223. The summed E-state index contributed by atoms with van der Waals surface area (Å²) in [5.74, 6) is 0.746. The minimum atomic E-state index is 0.223. The van der Waals surface area contributed by atoms with Crippen LogP contribution in [-0.4, -0.2) is 80.0 Å². The Bertz CT molecular complexity index is 275. The smallest absolute Gasteiger partial charge is 0.236 e. The van der Waals surface area contributed by atoms with E-state index in [2.05, 4.69) is 30.7 Å². The lowest BCUT2D eigenvalue weighted by Crippen LogP contribution is -2.49. The number of carbonyl (C=O) groups excluding carboxylic acids is 1. The molecule has 0 spiro atoms. The van der Waals surface area contributed by atoms with Crippen molar-refractivity contribution in [3.8, 4) is 0 Å². The third-order valence-electron chi connectivity index (χ3n) is 3.96. The van der Waals surface area contributed by atoms with E-state index >= 15 is 0 Å². The molecule has 0 radical (unpaired) electrons. The number of rotatable bonds is 6. The van der Waals surface area contributed by atoms with Crippen LogP contribution in [0.3, 0.4) is 0 Å². The molecule has 5 heteroatoms. The van der Waals surface area contributed by atoms with Gasteiger partial charge in [-0.3, -0.25) is 9.69 Å². The molecule has 1 atom stereocenters. The molecular weight excluding hydrogens is 240 g/mol. The Morgan fingerprint density at radius 2 is 1.84 bits per heavy atom. The predicted molar refractivity (Wildman–Crippen MR) is 79.0 cm³/mol. The number of piperazine rings is 1. The van der Waals surface area contributed by atoms with Gasteiger partial charge in [0.05, 0.1) is 6.54 Å². The summed E-state index contributed by atoms with van der Waals surface area (Å²) in [4.78, 5) is 18.4. The van der Waals surface area contributed by atoms with Crippen molar-refractivity contribution in [2.75, 3.05) is 53.4 Å². The Balaban J connectivity index is 2.24. The lowest BCUT2D eigenvalue weighted by Gasteiger charge is -2.33. The van der Waals surface area contributed by atoms with Gasteiger partial charge >= 0.3 is 0 Å². The quantitative estimate of drug-likeness (QED) is 0.742. The average molecular weight is 270 g/mol. The first kappa shape index (κ1) is 16.4. The van der Waals surface area contributed by atoms with E-state index in [9.17, 15) is 4.79 Å². The second-order valence-electron chi connectivity index (χ2n) is 6.12. The fourth-order valence-electron chi connectivity index (χ4n) is 2.17. The zero-order valence-electron chi connectivity index (χ0n) is 12.9. The third kappa shape index (κ3) is 5.89. The van der Waals surface area contributed by atoms with Gasteiger partial charge in [-0.25, -0.2) is 0 Å². The van der Waals surface area contributed by atoms with E-state index in [0.717, 1.165) is 39.1 Å². The van der Waals surface area contributed by atoms with Gasteiger partial charge in [0.2, 0.25) is 5.91 Å². The van der Waals surface area contributed by atoms with E-state index in [1.165, 1.54) is 0 Å². The van der Waals surface area contributed by atoms with E-state index in [0.29, 0.717) is 12.5 Å². The van der Waals surface area contributed by atoms with Gasteiger partial charge in [0.25, 0.3) is 0 Å². The highest BCUT2D eigenvalue weighted by atomic mass is 16.2.